The highest BCUT2D eigenvalue weighted by Gasteiger charge is 2.10. The number of rotatable bonds is 4. The van der Waals surface area contributed by atoms with Crippen molar-refractivity contribution in [1.82, 2.24) is 4.57 Å². The fourth-order valence-electron chi connectivity index (χ4n) is 1.18. The zero-order valence-electron chi connectivity index (χ0n) is 8.16. The van der Waals surface area contributed by atoms with Crippen LogP contribution >= 0.6 is 0 Å². The van der Waals surface area contributed by atoms with E-state index in [1.807, 2.05) is 43.0 Å². The van der Waals surface area contributed by atoms with Gasteiger partial charge in [-0.15, -0.1) is 6.58 Å². The number of ketones is 1. The Labute approximate surface area is 78.9 Å². The van der Waals surface area contributed by atoms with Crippen molar-refractivity contribution >= 4 is 5.78 Å². The molecular weight excluding hydrogens is 162 g/mol. The normalized spacial score (nSPS) is 10.4. The molecule has 70 valence electrons. The number of hydrogen-bond donors (Lipinski definition) is 0. The molecule has 1 aromatic rings. The van der Waals surface area contributed by atoms with Crippen LogP contribution in [0.4, 0.5) is 0 Å². The molecule has 0 bridgehead atoms. The van der Waals surface area contributed by atoms with Gasteiger partial charge in [0.1, 0.15) is 0 Å². The van der Waals surface area contributed by atoms with Crippen molar-refractivity contribution in [3.63, 3.8) is 0 Å². The maximum absolute atomic E-state index is 11.5. The molecule has 13 heavy (non-hydrogen) atoms. The van der Waals surface area contributed by atoms with E-state index in [0.717, 1.165) is 12.1 Å². The number of allylic oxidation sites excluding steroid dienone is 1. The van der Waals surface area contributed by atoms with Gasteiger partial charge in [-0.3, -0.25) is 4.79 Å². The molecule has 1 aromatic heterocycles. The van der Waals surface area contributed by atoms with Crippen molar-refractivity contribution in [2.24, 2.45) is 5.92 Å². The first-order valence-electron chi connectivity index (χ1n) is 4.46. The molecule has 0 unspecified atom stereocenters. The topological polar surface area (TPSA) is 22.0 Å². The first-order chi connectivity index (χ1) is 6.15. The molecule has 0 aromatic carbocycles. The number of hydrogen-bond acceptors (Lipinski definition) is 1. The molecule has 0 aliphatic rings. The third kappa shape index (κ3) is 2.31. The lowest BCUT2D eigenvalue weighted by atomic mass is 10.0. The number of nitrogens with zero attached hydrogens (tertiary/aromatic N) is 1. The van der Waals surface area contributed by atoms with Gasteiger partial charge in [0.2, 0.25) is 0 Å². The molecule has 0 radical (unpaired) electrons. The summed E-state index contributed by atoms with van der Waals surface area (Å²) < 4.78 is 1.95. The van der Waals surface area contributed by atoms with Crippen molar-refractivity contribution in [1.29, 1.82) is 0 Å². The summed E-state index contributed by atoms with van der Waals surface area (Å²) in [6.45, 7) is 8.21. The average molecular weight is 177 g/mol. The van der Waals surface area contributed by atoms with E-state index in [2.05, 4.69) is 6.58 Å². The second-order valence-electron chi connectivity index (χ2n) is 3.40. The van der Waals surface area contributed by atoms with Crippen molar-refractivity contribution in [3.8, 4) is 0 Å². The van der Waals surface area contributed by atoms with Crippen molar-refractivity contribution < 1.29 is 4.79 Å². The second kappa shape index (κ2) is 4.08. The third-order valence-corrected chi connectivity index (χ3v) is 1.90. The molecule has 0 fully saturated rings. The first kappa shape index (κ1) is 9.78. The van der Waals surface area contributed by atoms with Gasteiger partial charge in [0.15, 0.2) is 5.78 Å². The van der Waals surface area contributed by atoms with Crippen LogP contribution in [0.15, 0.2) is 31.1 Å². The standard InChI is InChI=1S/C11H15NO/c1-4-6-12-7-5-10(8-12)11(13)9(2)3/h4-5,7-9H,1,6H2,2-3H3. The second-order valence-corrected chi connectivity index (χ2v) is 3.40. The maximum atomic E-state index is 11.5. The van der Waals surface area contributed by atoms with E-state index < -0.39 is 0 Å². The zero-order chi connectivity index (χ0) is 9.84. The summed E-state index contributed by atoms with van der Waals surface area (Å²) in [4.78, 5) is 11.5. The van der Waals surface area contributed by atoms with Crippen LogP contribution in [0.3, 0.4) is 0 Å². The lowest BCUT2D eigenvalue weighted by Gasteiger charge is -2.00. The highest BCUT2D eigenvalue weighted by Crippen LogP contribution is 2.08. The van der Waals surface area contributed by atoms with E-state index >= 15 is 0 Å². The van der Waals surface area contributed by atoms with E-state index in [0.29, 0.717) is 0 Å². The van der Waals surface area contributed by atoms with E-state index in [1.54, 1.807) is 0 Å². The molecule has 0 spiro atoms. The molecule has 2 heteroatoms. The lowest BCUT2D eigenvalue weighted by Crippen LogP contribution is -2.06. The van der Waals surface area contributed by atoms with E-state index in [1.165, 1.54) is 0 Å². The highest BCUT2D eigenvalue weighted by molar-refractivity contribution is 5.97. The summed E-state index contributed by atoms with van der Waals surface area (Å²) in [5.41, 5.74) is 0.789. The third-order valence-electron chi connectivity index (χ3n) is 1.90. The summed E-state index contributed by atoms with van der Waals surface area (Å²) in [7, 11) is 0. The number of Topliss-reactive ketones (excluding diaryl/α,β-unsaturated/α-hetero) is 1. The van der Waals surface area contributed by atoms with Crippen LogP contribution in [0.25, 0.3) is 0 Å². The Morgan fingerprint density at radius 2 is 2.38 bits per heavy atom. The monoisotopic (exact) mass is 177 g/mol. The minimum atomic E-state index is 0.0691. The van der Waals surface area contributed by atoms with Gasteiger partial charge in [-0.05, 0) is 6.07 Å². The van der Waals surface area contributed by atoms with Gasteiger partial charge < -0.3 is 4.57 Å². The van der Waals surface area contributed by atoms with Gasteiger partial charge in [-0.25, -0.2) is 0 Å². The largest absolute Gasteiger partial charge is 0.350 e. The summed E-state index contributed by atoms with van der Waals surface area (Å²) in [6.07, 6.45) is 5.57. The highest BCUT2D eigenvalue weighted by atomic mass is 16.1. The van der Waals surface area contributed by atoms with Crippen molar-refractivity contribution in [3.05, 3.63) is 36.7 Å². The first-order valence-corrected chi connectivity index (χ1v) is 4.46. The molecule has 0 saturated carbocycles. The van der Waals surface area contributed by atoms with Crippen LogP contribution in [0.2, 0.25) is 0 Å². The summed E-state index contributed by atoms with van der Waals surface area (Å²) in [5.74, 6) is 0.266. The van der Waals surface area contributed by atoms with Crippen LogP contribution in [-0.2, 0) is 6.54 Å². The van der Waals surface area contributed by atoms with Crippen LogP contribution < -0.4 is 0 Å². The van der Waals surface area contributed by atoms with Gasteiger partial charge in [0.05, 0.1) is 0 Å². The molecule has 0 atom stereocenters. The molecule has 1 rings (SSSR count). The number of aromatic nitrogens is 1. The predicted molar refractivity (Wildman–Crippen MR) is 53.8 cm³/mol. The Bertz CT molecular complexity index is 310. The van der Waals surface area contributed by atoms with Gasteiger partial charge in [0.25, 0.3) is 0 Å². The fourth-order valence-corrected chi connectivity index (χ4v) is 1.18. The number of carbonyl (C=O) groups is 1. The molecule has 0 N–H and O–H groups in total. The SMILES string of the molecule is C=CCn1ccc(C(=O)C(C)C)c1. The minimum absolute atomic E-state index is 0.0691. The Morgan fingerprint density at radius 1 is 1.69 bits per heavy atom. The van der Waals surface area contributed by atoms with E-state index in [-0.39, 0.29) is 11.7 Å². The quantitative estimate of drug-likeness (QED) is 0.511. The van der Waals surface area contributed by atoms with Crippen LogP contribution in [0.5, 0.6) is 0 Å². The van der Waals surface area contributed by atoms with Crippen LogP contribution in [0, 0.1) is 5.92 Å². The maximum Gasteiger partial charge on any atom is 0.166 e. The van der Waals surface area contributed by atoms with Gasteiger partial charge in [0, 0.05) is 30.4 Å². The molecule has 0 amide bonds. The molecule has 0 aliphatic heterocycles. The Balaban J connectivity index is 2.79. The van der Waals surface area contributed by atoms with Crippen molar-refractivity contribution in [2.75, 3.05) is 0 Å². The Morgan fingerprint density at radius 3 is 2.92 bits per heavy atom. The van der Waals surface area contributed by atoms with Gasteiger partial charge in [-0.2, -0.15) is 0 Å². The zero-order valence-corrected chi connectivity index (χ0v) is 8.16. The van der Waals surface area contributed by atoms with Crippen LogP contribution in [0.1, 0.15) is 24.2 Å². The Hall–Kier alpha value is -1.31. The Kier molecular flexibility index (Phi) is 3.07. The summed E-state index contributed by atoms with van der Waals surface area (Å²) >= 11 is 0. The van der Waals surface area contributed by atoms with Crippen molar-refractivity contribution in [2.45, 2.75) is 20.4 Å². The molecule has 0 aliphatic carbocycles. The fraction of sp³-hybridized carbons (Fsp3) is 0.364. The van der Waals surface area contributed by atoms with Gasteiger partial charge in [-0.1, -0.05) is 19.9 Å². The minimum Gasteiger partial charge on any atom is -0.350 e. The van der Waals surface area contributed by atoms with Crippen LogP contribution in [-0.4, -0.2) is 10.4 Å². The van der Waals surface area contributed by atoms with E-state index in [9.17, 15) is 4.79 Å². The lowest BCUT2D eigenvalue weighted by molar-refractivity contribution is 0.0939. The molecular formula is C11H15NO. The summed E-state index contributed by atoms with van der Waals surface area (Å²) in [5, 5.41) is 0. The average Bonchev–Trinajstić information content (AvgIpc) is 2.52. The van der Waals surface area contributed by atoms with E-state index in [4.69, 9.17) is 0 Å². The smallest absolute Gasteiger partial charge is 0.166 e. The predicted octanol–water partition coefficient (Wildman–Crippen LogP) is 2.51. The molecule has 1 heterocycles. The summed E-state index contributed by atoms with van der Waals surface area (Å²) in [6, 6.07) is 1.85. The molecule has 2 nitrogen and oxygen atoms in total. The molecule has 0 saturated heterocycles. The number of carbonyl (C=O) groups excluding carboxylic acids is 1. The van der Waals surface area contributed by atoms with Gasteiger partial charge >= 0.3 is 0 Å².